The number of rotatable bonds is 5. The lowest BCUT2D eigenvalue weighted by atomic mass is 10.2. The average Bonchev–Trinajstić information content (AvgIpc) is 2.83. The van der Waals surface area contributed by atoms with Gasteiger partial charge in [-0.15, -0.1) is 0 Å². The van der Waals surface area contributed by atoms with Crippen LogP contribution < -0.4 is 25.0 Å². The standard InChI is InChI=1S/C22H17Cl2N3O6S/c23-16-10-9-15(11-17(16)24)34(30,31)27-14-7-5-13(6-8-14)21(28)25-26-22(29)20-12-32-18-3-1-2-4-19(18)33-20/h1-11,20,27H,12H2,(H,25,28)(H,26,29). The van der Waals surface area contributed by atoms with Crippen LogP contribution >= 0.6 is 23.2 Å². The van der Waals surface area contributed by atoms with E-state index in [0.29, 0.717) is 11.5 Å². The Morgan fingerprint density at radius 3 is 2.29 bits per heavy atom. The predicted molar refractivity (Wildman–Crippen MR) is 126 cm³/mol. The summed E-state index contributed by atoms with van der Waals surface area (Å²) in [7, 11) is -3.92. The van der Waals surface area contributed by atoms with Gasteiger partial charge in [-0.1, -0.05) is 35.3 Å². The van der Waals surface area contributed by atoms with Gasteiger partial charge in [0.15, 0.2) is 11.5 Å². The van der Waals surface area contributed by atoms with Crippen LogP contribution in [0.15, 0.2) is 71.6 Å². The predicted octanol–water partition coefficient (Wildman–Crippen LogP) is 3.40. The summed E-state index contributed by atoms with van der Waals surface area (Å²) < 4.78 is 38.5. The van der Waals surface area contributed by atoms with Gasteiger partial charge in [0.1, 0.15) is 6.61 Å². The van der Waals surface area contributed by atoms with Crippen LogP contribution in [0.4, 0.5) is 5.69 Å². The number of halogens is 2. The summed E-state index contributed by atoms with van der Waals surface area (Å²) in [6.07, 6.45) is -0.937. The van der Waals surface area contributed by atoms with Gasteiger partial charge >= 0.3 is 0 Å². The molecule has 4 rings (SSSR count). The zero-order chi connectivity index (χ0) is 24.3. The van der Waals surface area contributed by atoms with Crippen molar-refractivity contribution in [3.8, 4) is 11.5 Å². The Bertz CT molecular complexity index is 1350. The smallest absolute Gasteiger partial charge is 0.283 e. The van der Waals surface area contributed by atoms with E-state index in [-0.39, 0.29) is 32.8 Å². The molecule has 3 aromatic carbocycles. The summed E-state index contributed by atoms with van der Waals surface area (Å²) in [6, 6.07) is 16.5. The molecule has 0 saturated heterocycles. The van der Waals surface area contributed by atoms with Crippen molar-refractivity contribution in [3.05, 3.63) is 82.3 Å². The second-order valence-electron chi connectivity index (χ2n) is 7.07. The van der Waals surface area contributed by atoms with Gasteiger partial charge in [0.2, 0.25) is 6.10 Å². The molecule has 0 aliphatic carbocycles. The lowest BCUT2D eigenvalue weighted by Crippen LogP contribution is -2.50. The van der Waals surface area contributed by atoms with Gasteiger partial charge < -0.3 is 9.47 Å². The maximum atomic E-state index is 12.5. The summed E-state index contributed by atoms with van der Waals surface area (Å²) in [5.41, 5.74) is 4.98. The fourth-order valence-corrected chi connectivity index (χ4v) is 4.41. The molecular formula is C22H17Cl2N3O6S. The summed E-state index contributed by atoms with van der Waals surface area (Å²) in [6.45, 7) is -0.00755. The summed E-state index contributed by atoms with van der Waals surface area (Å²) >= 11 is 11.7. The Kier molecular flexibility index (Phi) is 6.82. The van der Waals surface area contributed by atoms with Gasteiger partial charge in [-0.25, -0.2) is 8.42 Å². The molecule has 176 valence electrons. The molecule has 1 atom stereocenters. The molecule has 9 nitrogen and oxygen atoms in total. The monoisotopic (exact) mass is 521 g/mol. The number of nitrogens with one attached hydrogen (secondary N) is 3. The van der Waals surface area contributed by atoms with E-state index >= 15 is 0 Å². The minimum Gasteiger partial charge on any atom is -0.485 e. The normalized spacial score (nSPS) is 14.7. The first-order chi connectivity index (χ1) is 16.2. The molecular weight excluding hydrogens is 505 g/mol. The van der Waals surface area contributed by atoms with Gasteiger partial charge in [0.25, 0.3) is 21.8 Å². The number of hydrazine groups is 1. The van der Waals surface area contributed by atoms with E-state index in [2.05, 4.69) is 15.6 Å². The van der Waals surface area contributed by atoms with Gasteiger partial charge in [-0.05, 0) is 54.6 Å². The largest absolute Gasteiger partial charge is 0.485 e. The van der Waals surface area contributed by atoms with Crippen LogP contribution in [0.25, 0.3) is 0 Å². The second-order valence-corrected chi connectivity index (χ2v) is 9.56. The molecule has 34 heavy (non-hydrogen) atoms. The minimum atomic E-state index is -3.92. The first kappa shape index (κ1) is 23.7. The number of benzene rings is 3. The van der Waals surface area contributed by atoms with E-state index in [1.807, 2.05) is 0 Å². The molecule has 2 amide bonds. The topological polar surface area (TPSA) is 123 Å². The lowest BCUT2D eigenvalue weighted by molar-refractivity contribution is -0.131. The highest BCUT2D eigenvalue weighted by atomic mass is 35.5. The first-order valence-corrected chi connectivity index (χ1v) is 12.0. The number of amides is 2. The van der Waals surface area contributed by atoms with Crippen LogP contribution in [0.1, 0.15) is 10.4 Å². The van der Waals surface area contributed by atoms with Gasteiger partial charge in [0, 0.05) is 11.3 Å². The highest BCUT2D eigenvalue weighted by Crippen LogP contribution is 2.31. The summed E-state index contributed by atoms with van der Waals surface area (Å²) in [5, 5.41) is 0.337. The number of hydrogen-bond acceptors (Lipinski definition) is 6. The van der Waals surface area contributed by atoms with Crippen molar-refractivity contribution in [1.82, 2.24) is 10.9 Å². The van der Waals surface area contributed by atoms with Crippen molar-refractivity contribution in [2.24, 2.45) is 0 Å². The third-order valence-electron chi connectivity index (χ3n) is 4.70. The maximum Gasteiger partial charge on any atom is 0.283 e. The van der Waals surface area contributed by atoms with E-state index in [1.54, 1.807) is 24.3 Å². The Labute approximate surface area is 205 Å². The average molecular weight is 522 g/mol. The van der Waals surface area contributed by atoms with Crippen molar-refractivity contribution in [2.75, 3.05) is 11.3 Å². The van der Waals surface area contributed by atoms with E-state index in [9.17, 15) is 18.0 Å². The number of ether oxygens (including phenoxy) is 2. The molecule has 3 aromatic rings. The van der Waals surface area contributed by atoms with E-state index in [1.165, 1.54) is 42.5 Å². The van der Waals surface area contributed by atoms with Crippen molar-refractivity contribution in [2.45, 2.75) is 11.0 Å². The molecule has 1 heterocycles. The highest BCUT2D eigenvalue weighted by Gasteiger charge is 2.27. The third-order valence-corrected chi connectivity index (χ3v) is 6.82. The van der Waals surface area contributed by atoms with Crippen LogP contribution in [-0.2, 0) is 14.8 Å². The van der Waals surface area contributed by atoms with Crippen molar-refractivity contribution >= 4 is 50.7 Å². The molecule has 0 aromatic heterocycles. The van der Waals surface area contributed by atoms with Gasteiger partial charge in [-0.3, -0.25) is 25.2 Å². The van der Waals surface area contributed by atoms with Crippen molar-refractivity contribution in [1.29, 1.82) is 0 Å². The van der Waals surface area contributed by atoms with Crippen molar-refractivity contribution < 1.29 is 27.5 Å². The number of anilines is 1. The van der Waals surface area contributed by atoms with E-state index in [4.69, 9.17) is 32.7 Å². The SMILES string of the molecule is O=C(NNC(=O)C1COc2ccccc2O1)c1ccc(NS(=O)(=O)c2ccc(Cl)c(Cl)c2)cc1. The number of para-hydroxylation sites is 2. The van der Waals surface area contributed by atoms with Crippen LogP contribution in [0.2, 0.25) is 10.0 Å². The highest BCUT2D eigenvalue weighted by molar-refractivity contribution is 7.92. The number of carbonyl (C=O) groups excluding carboxylic acids is 2. The van der Waals surface area contributed by atoms with Gasteiger partial charge in [0.05, 0.1) is 14.9 Å². The van der Waals surface area contributed by atoms with Crippen LogP contribution in [0.5, 0.6) is 11.5 Å². The minimum absolute atomic E-state index is 0.00755. The number of sulfonamides is 1. The fraction of sp³-hybridized carbons (Fsp3) is 0.0909. The molecule has 0 fully saturated rings. The second kappa shape index (κ2) is 9.80. The maximum absolute atomic E-state index is 12.5. The number of hydrogen-bond donors (Lipinski definition) is 3. The fourth-order valence-electron chi connectivity index (χ4n) is 2.97. The van der Waals surface area contributed by atoms with Crippen LogP contribution in [0, 0.1) is 0 Å². The van der Waals surface area contributed by atoms with Crippen molar-refractivity contribution in [3.63, 3.8) is 0 Å². The van der Waals surface area contributed by atoms with Gasteiger partial charge in [-0.2, -0.15) is 0 Å². The van der Waals surface area contributed by atoms with Crippen LogP contribution in [-0.4, -0.2) is 32.9 Å². The summed E-state index contributed by atoms with van der Waals surface area (Å²) in [5.74, 6) is -0.233. The Morgan fingerprint density at radius 2 is 1.59 bits per heavy atom. The Hall–Kier alpha value is -3.47. The van der Waals surface area contributed by atoms with Crippen LogP contribution in [0.3, 0.4) is 0 Å². The molecule has 1 aliphatic heterocycles. The molecule has 1 unspecified atom stereocenters. The zero-order valence-electron chi connectivity index (χ0n) is 17.2. The molecule has 3 N–H and O–H groups in total. The molecule has 0 bridgehead atoms. The third kappa shape index (κ3) is 5.36. The zero-order valence-corrected chi connectivity index (χ0v) is 19.6. The number of carbonyl (C=O) groups is 2. The molecule has 0 spiro atoms. The first-order valence-electron chi connectivity index (χ1n) is 9.79. The lowest BCUT2D eigenvalue weighted by Gasteiger charge is -2.25. The molecule has 12 heteroatoms. The molecule has 0 radical (unpaired) electrons. The van der Waals surface area contributed by atoms with E-state index < -0.39 is 27.9 Å². The number of fused-ring (bicyclic) bond motifs is 1. The Balaban J connectivity index is 1.33. The van der Waals surface area contributed by atoms with E-state index in [0.717, 1.165) is 0 Å². The summed E-state index contributed by atoms with van der Waals surface area (Å²) in [4.78, 5) is 24.6. The Morgan fingerprint density at radius 1 is 0.882 bits per heavy atom. The molecule has 0 saturated carbocycles. The molecule has 1 aliphatic rings. The quantitative estimate of drug-likeness (QED) is 0.442.